The van der Waals surface area contributed by atoms with Crippen LogP contribution < -0.4 is 14.4 Å². The number of halogens is 3. The lowest BCUT2D eigenvalue weighted by Gasteiger charge is -2.18. The number of methoxy groups -OCH3 is 1. The van der Waals surface area contributed by atoms with Gasteiger partial charge in [-0.1, -0.05) is 52.5 Å². The third kappa shape index (κ3) is 6.03. The lowest BCUT2D eigenvalue weighted by Crippen LogP contribution is -2.29. The number of benzene rings is 4. The smallest absolute Gasteiger partial charge is 0.343 e. The van der Waals surface area contributed by atoms with Crippen molar-refractivity contribution in [1.82, 2.24) is 0 Å². The Labute approximate surface area is 265 Å². The van der Waals surface area contributed by atoms with Crippen molar-refractivity contribution in [3.8, 4) is 11.5 Å². The fourth-order valence-corrected chi connectivity index (χ4v) is 4.93. The fourth-order valence-electron chi connectivity index (χ4n) is 4.35. The molecule has 0 spiro atoms. The summed E-state index contributed by atoms with van der Waals surface area (Å²) in [6, 6.07) is 17.6. The van der Waals surface area contributed by atoms with E-state index in [1.807, 2.05) is 6.92 Å². The van der Waals surface area contributed by atoms with Crippen molar-refractivity contribution in [3.05, 3.63) is 121 Å². The van der Waals surface area contributed by atoms with Crippen LogP contribution in [0.5, 0.6) is 11.5 Å². The van der Waals surface area contributed by atoms with Crippen LogP contribution in [-0.4, -0.2) is 43.3 Å². The molecule has 44 heavy (non-hydrogen) atoms. The van der Waals surface area contributed by atoms with Gasteiger partial charge in [0.1, 0.15) is 17.1 Å². The first kappa shape index (κ1) is 30.7. The minimum Gasteiger partial charge on any atom is -0.496 e. The highest BCUT2D eigenvalue weighted by Gasteiger charge is 2.39. The number of carbonyl (C=O) groups excluding carboxylic acids is 5. The SMILES string of the molecule is COc1cc(N2C(=O)c3cc(Cl)c(Cl)cc3C2=O)c(Cl)cc1C(=O)OCC(=O)c1ccc(OC(=O)c2ccc(C)cc2)cc1. The number of Topliss-reactive ketones (excluding diaryl/α,β-unsaturated/α-hetero) is 1. The zero-order chi connectivity index (χ0) is 31.7. The fraction of sp³-hybridized carbons (Fsp3) is 0.0938. The Balaban J connectivity index is 1.26. The predicted octanol–water partition coefficient (Wildman–Crippen LogP) is 7.02. The highest BCUT2D eigenvalue weighted by molar-refractivity contribution is 6.45. The maximum Gasteiger partial charge on any atom is 0.343 e. The van der Waals surface area contributed by atoms with Crippen LogP contribution in [0.25, 0.3) is 0 Å². The molecule has 0 bridgehead atoms. The van der Waals surface area contributed by atoms with E-state index in [2.05, 4.69) is 0 Å². The van der Waals surface area contributed by atoms with Crippen LogP contribution in [-0.2, 0) is 4.74 Å². The summed E-state index contributed by atoms with van der Waals surface area (Å²) in [5.74, 6) is -3.22. The van der Waals surface area contributed by atoms with E-state index in [1.54, 1.807) is 24.3 Å². The normalized spacial score (nSPS) is 12.2. The Morgan fingerprint density at radius 2 is 1.30 bits per heavy atom. The van der Waals surface area contributed by atoms with E-state index in [0.717, 1.165) is 10.5 Å². The third-order valence-corrected chi connectivity index (χ3v) is 7.69. The molecule has 1 aliphatic heterocycles. The van der Waals surface area contributed by atoms with Gasteiger partial charge in [-0.2, -0.15) is 0 Å². The summed E-state index contributed by atoms with van der Waals surface area (Å²) in [7, 11) is 1.27. The molecule has 0 fully saturated rings. The Morgan fingerprint density at radius 3 is 1.86 bits per heavy atom. The Morgan fingerprint density at radius 1 is 0.727 bits per heavy atom. The zero-order valence-corrected chi connectivity index (χ0v) is 25.3. The van der Waals surface area contributed by atoms with E-state index < -0.39 is 36.1 Å². The number of esters is 2. The van der Waals surface area contributed by atoms with E-state index in [4.69, 9.17) is 49.0 Å². The van der Waals surface area contributed by atoms with Gasteiger partial charge < -0.3 is 14.2 Å². The van der Waals surface area contributed by atoms with Crippen molar-refractivity contribution in [2.75, 3.05) is 18.6 Å². The molecule has 2 amide bonds. The van der Waals surface area contributed by atoms with E-state index in [9.17, 15) is 24.0 Å². The van der Waals surface area contributed by atoms with Gasteiger partial charge in [-0.05, 0) is 61.5 Å². The minimum absolute atomic E-state index is 0.0406. The van der Waals surface area contributed by atoms with Crippen molar-refractivity contribution in [2.24, 2.45) is 0 Å². The van der Waals surface area contributed by atoms with Crippen LogP contribution >= 0.6 is 34.8 Å². The first-order chi connectivity index (χ1) is 21.0. The summed E-state index contributed by atoms with van der Waals surface area (Å²) in [4.78, 5) is 64.9. The molecule has 4 aromatic rings. The maximum atomic E-state index is 13.1. The largest absolute Gasteiger partial charge is 0.496 e. The summed E-state index contributed by atoms with van der Waals surface area (Å²) in [5, 5.41) is 0.0657. The van der Waals surface area contributed by atoms with E-state index >= 15 is 0 Å². The first-order valence-electron chi connectivity index (χ1n) is 12.8. The molecule has 0 aliphatic carbocycles. The molecule has 1 aliphatic rings. The summed E-state index contributed by atoms with van der Waals surface area (Å²) >= 11 is 18.5. The van der Waals surface area contributed by atoms with Crippen molar-refractivity contribution >= 4 is 70.0 Å². The van der Waals surface area contributed by atoms with E-state index in [1.165, 1.54) is 55.6 Å². The topological polar surface area (TPSA) is 116 Å². The van der Waals surface area contributed by atoms with E-state index in [0.29, 0.717) is 5.56 Å². The van der Waals surface area contributed by atoms with Crippen molar-refractivity contribution in [2.45, 2.75) is 6.92 Å². The molecule has 0 radical (unpaired) electrons. The number of fused-ring (bicyclic) bond motifs is 1. The molecule has 0 unspecified atom stereocenters. The quantitative estimate of drug-likeness (QED) is 0.0863. The second-order valence-electron chi connectivity index (χ2n) is 9.54. The van der Waals surface area contributed by atoms with Gasteiger partial charge in [0.2, 0.25) is 0 Å². The Bertz CT molecular complexity index is 1810. The third-order valence-electron chi connectivity index (χ3n) is 6.67. The molecule has 0 aromatic heterocycles. The number of hydrogen-bond donors (Lipinski definition) is 0. The molecule has 4 aromatic carbocycles. The number of ether oxygens (including phenoxy) is 3. The molecular formula is C32H20Cl3NO8. The van der Waals surface area contributed by atoms with Gasteiger partial charge in [-0.15, -0.1) is 0 Å². The van der Waals surface area contributed by atoms with Crippen LogP contribution in [0.2, 0.25) is 15.1 Å². The standard InChI is InChI=1S/C32H20Cl3NO8/c1-16-3-5-18(6-4-16)31(40)44-19-9-7-17(8-10-19)27(37)15-43-32(41)22-13-25(35)26(14-28(22)42-2)36-29(38)20-11-23(33)24(34)12-21(20)30(36)39/h3-14H,15H2,1-2H3. The van der Waals surface area contributed by atoms with Gasteiger partial charge in [-0.25, -0.2) is 14.5 Å². The zero-order valence-electron chi connectivity index (χ0n) is 23.0. The van der Waals surface area contributed by atoms with Gasteiger partial charge in [0.25, 0.3) is 11.8 Å². The highest BCUT2D eigenvalue weighted by atomic mass is 35.5. The van der Waals surface area contributed by atoms with Gasteiger partial charge >= 0.3 is 11.9 Å². The number of carbonyl (C=O) groups is 5. The summed E-state index contributed by atoms with van der Waals surface area (Å²) in [6.07, 6.45) is 0. The summed E-state index contributed by atoms with van der Waals surface area (Å²) in [6.45, 7) is 1.28. The van der Waals surface area contributed by atoms with Crippen molar-refractivity contribution in [3.63, 3.8) is 0 Å². The molecule has 0 saturated heterocycles. The van der Waals surface area contributed by atoms with Gasteiger partial charge in [0.05, 0.1) is 44.6 Å². The molecule has 9 nitrogen and oxygen atoms in total. The molecular weight excluding hydrogens is 633 g/mol. The molecule has 0 atom stereocenters. The number of nitrogens with zero attached hydrogens (tertiary/aromatic N) is 1. The molecule has 5 rings (SSSR count). The first-order valence-corrected chi connectivity index (χ1v) is 14.0. The van der Waals surface area contributed by atoms with Gasteiger partial charge in [0, 0.05) is 11.6 Å². The van der Waals surface area contributed by atoms with Crippen LogP contribution in [0.15, 0.2) is 72.8 Å². The lowest BCUT2D eigenvalue weighted by atomic mass is 10.1. The average Bonchev–Trinajstić information content (AvgIpc) is 3.24. The summed E-state index contributed by atoms with van der Waals surface area (Å²) < 4.78 is 15.8. The number of amides is 2. The van der Waals surface area contributed by atoms with Crippen LogP contribution in [0.3, 0.4) is 0 Å². The van der Waals surface area contributed by atoms with Gasteiger partial charge in [-0.3, -0.25) is 14.4 Å². The maximum absolute atomic E-state index is 13.1. The minimum atomic E-state index is -0.937. The molecule has 12 heteroatoms. The van der Waals surface area contributed by atoms with E-state index in [-0.39, 0.29) is 54.5 Å². The number of imide groups is 1. The second-order valence-corrected chi connectivity index (χ2v) is 10.8. The second kappa shape index (κ2) is 12.5. The van der Waals surface area contributed by atoms with Crippen LogP contribution in [0.1, 0.15) is 57.4 Å². The number of rotatable bonds is 8. The number of ketones is 1. The highest BCUT2D eigenvalue weighted by Crippen LogP contribution is 2.39. The number of anilines is 1. The monoisotopic (exact) mass is 651 g/mol. The predicted molar refractivity (Wildman–Crippen MR) is 163 cm³/mol. The Hall–Kier alpha value is -4.70. The molecule has 1 heterocycles. The van der Waals surface area contributed by atoms with Crippen molar-refractivity contribution < 1.29 is 38.2 Å². The number of hydrogen-bond acceptors (Lipinski definition) is 8. The van der Waals surface area contributed by atoms with Crippen molar-refractivity contribution in [1.29, 1.82) is 0 Å². The molecule has 0 N–H and O–H groups in total. The van der Waals surface area contributed by atoms with Gasteiger partial charge in [0.15, 0.2) is 12.4 Å². The number of aryl methyl sites for hydroxylation is 1. The Kier molecular flexibility index (Phi) is 8.73. The molecule has 0 saturated carbocycles. The van der Waals surface area contributed by atoms with Crippen LogP contribution in [0.4, 0.5) is 5.69 Å². The van der Waals surface area contributed by atoms with Crippen LogP contribution in [0, 0.1) is 6.92 Å². The average molecular weight is 653 g/mol. The molecule has 222 valence electrons. The summed E-state index contributed by atoms with van der Waals surface area (Å²) in [5.41, 5.74) is 1.48. The lowest BCUT2D eigenvalue weighted by molar-refractivity contribution is 0.0471.